The number of hydrogen-bond acceptors (Lipinski definition) is 4. The molecule has 0 aliphatic rings. The van der Waals surface area contributed by atoms with Crippen LogP contribution in [-0.4, -0.2) is 31.7 Å². The lowest BCUT2D eigenvalue weighted by molar-refractivity contribution is -0.126. The standard InChI is InChI=1S/C24H38BrN3O3/c1-3-4-5-6-7-8-9-10-11-12-13-14-23(29)26-19-24(30)28-27-18-20-17-21(31-2)15-16-22(20)25/h15-18H,3-14,19H2,1-2H3,(H,26,29)(H,28,30)/b27-18-. The summed E-state index contributed by atoms with van der Waals surface area (Å²) in [4.78, 5) is 23.7. The van der Waals surface area contributed by atoms with Crippen molar-refractivity contribution < 1.29 is 14.3 Å². The average molecular weight is 496 g/mol. The fourth-order valence-corrected chi connectivity index (χ4v) is 3.53. The average Bonchev–Trinajstić information content (AvgIpc) is 2.77. The Balaban J connectivity index is 2.05. The van der Waals surface area contributed by atoms with Gasteiger partial charge in [0.25, 0.3) is 5.91 Å². The summed E-state index contributed by atoms with van der Waals surface area (Å²) in [6, 6.07) is 5.47. The van der Waals surface area contributed by atoms with Gasteiger partial charge in [-0.1, -0.05) is 87.1 Å². The Morgan fingerprint density at radius 1 is 0.968 bits per heavy atom. The first-order chi connectivity index (χ1) is 15.1. The Labute approximate surface area is 195 Å². The number of hydrazone groups is 1. The highest BCUT2D eigenvalue weighted by atomic mass is 79.9. The molecule has 0 radical (unpaired) electrons. The van der Waals surface area contributed by atoms with Crippen molar-refractivity contribution in [2.45, 2.75) is 84.0 Å². The largest absolute Gasteiger partial charge is 0.497 e. The molecule has 1 rings (SSSR count). The number of rotatable bonds is 17. The molecule has 1 aromatic rings. The van der Waals surface area contributed by atoms with Crippen molar-refractivity contribution in [1.29, 1.82) is 0 Å². The molecule has 174 valence electrons. The van der Waals surface area contributed by atoms with E-state index < -0.39 is 0 Å². The molecule has 0 saturated carbocycles. The number of methoxy groups -OCH3 is 1. The molecule has 0 heterocycles. The van der Waals surface area contributed by atoms with Gasteiger partial charge in [0.05, 0.1) is 19.9 Å². The Morgan fingerprint density at radius 2 is 1.58 bits per heavy atom. The Morgan fingerprint density at radius 3 is 2.19 bits per heavy atom. The molecule has 0 spiro atoms. The molecule has 2 amide bonds. The van der Waals surface area contributed by atoms with Gasteiger partial charge in [0.1, 0.15) is 5.75 Å². The first-order valence-corrected chi connectivity index (χ1v) is 12.3. The van der Waals surface area contributed by atoms with E-state index in [9.17, 15) is 9.59 Å². The molecule has 0 aliphatic heterocycles. The predicted octanol–water partition coefficient (Wildman–Crippen LogP) is 5.73. The van der Waals surface area contributed by atoms with Gasteiger partial charge in [-0.2, -0.15) is 5.10 Å². The van der Waals surface area contributed by atoms with Crippen LogP contribution >= 0.6 is 15.9 Å². The third kappa shape index (κ3) is 13.9. The molecule has 1 aromatic carbocycles. The zero-order chi connectivity index (χ0) is 22.7. The molecule has 7 heteroatoms. The molecule has 31 heavy (non-hydrogen) atoms. The molecular weight excluding hydrogens is 458 g/mol. The number of nitrogens with one attached hydrogen (secondary N) is 2. The van der Waals surface area contributed by atoms with E-state index in [0.29, 0.717) is 12.2 Å². The first-order valence-electron chi connectivity index (χ1n) is 11.5. The molecule has 0 bridgehead atoms. The van der Waals surface area contributed by atoms with Gasteiger partial charge in [-0.15, -0.1) is 0 Å². The van der Waals surface area contributed by atoms with Crippen LogP contribution in [0.15, 0.2) is 27.8 Å². The van der Waals surface area contributed by atoms with E-state index in [-0.39, 0.29) is 18.4 Å². The molecule has 0 aromatic heterocycles. The summed E-state index contributed by atoms with van der Waals surface area (Å²) in [5.74, 6) is 0.249. The second-order valence-corrected chi connectivity index (χ2v) is 8.60. The minimum absolute atomic E-state index is 0.0759. The number of hydrogen-bond donors (Lipinski definition) is 2. The van der Waals surface area contributed by atoms with Crippen molar-refractivity contribution in [1.82, 2.24) is 10.7 Å². The van der Waals surface area contributed by atoms with Crippen LogP contribution in [0.1, 0.15) is 89.5 Å². The lowest BCUT2D eigenvalue weighted by Crippen LogP contribution is -2.34. The summed E-state index contributed by atoms with van der Waals surface area (Å²) in [7, 11) is 1.59. The zero-order valence-electron chi connectivity index (χ0n) is 19.1. The fourth-order valence-electron chi connectivity index (χ4n) is 3.18. The topological polar surface area (TPSA) is 79.8 Å². The van der Waals surface area contributed by atoms with E-state index in [1.54, 1.807) is 13.2 Å². The summed E-state index contributed by atoms with van der Waals surface area (Å²) in [6.45, 7) is 2.17. The number of halogens is 1. The second-order valence-electron chi connectivity index (χ2n) is 7.74. The van der Waals surface area contributed by atoms with Gasteiger partial charge >= 0.3 is 0 Å². The minimum Gasteiger partial charge on any atom is -0.497 e. The second kappa shape index (κ2) is 17.8. The molecule has 0 unspecified atom stereocenters. The molecule has 6 nitrogen and oxygen atoms in total. The summed E-state index contributed by atoms with van der Waals surface area (Å²) < 4.78 is 6.01. The molecule has 0 atom stereocenters. The zero-order valence-corrected chi connectivity index (χ0v) is 20.6. The van der Waals surface area contributed by atoms with E-state index in [0.717, 1.165) is 22.9 Å². The minimum atomic E-state index is -0.359. The summed E-state index contributed by atoms with van der Waals surface area (Å²) in [5.41, 5.74) is 3.20. The molecule has 0 fully saturated rings. The van der Waals surface area contributed by atoms with Gasteiger partial charge in [-0.05, 0) is 24.6 Å². The van der Waals surface area contributed by atoms with Crippen LogP contribution in [0.4, 0.5) is 0 Å². The summed E-state index contributed by atoms with van der Waals surface area (Å²) in [6.07, 6.45) is 15.7. The number of amides is 2. The van der Waals surface area contributed by atoms with Crippen LogP contribution in [0.3, 0.4) is 0 Å². The normalized spacial score (nSPS) is 10.9. The number of unbranched alkanes of at least 4 members (excludes halogenated alkanes) is 10. The van der Waals surface area contributed by atoms with E-state index in [1.807, 2.05) is 12.1 Å². The highest BCUT2D eigenvalue weighted by Crippen LogP contribution is 2.20. The van der Waals surface area contributed by atoms with Crippen LogP contribution in [-0.2, 0) is 9.59 Å². The predicted molar refractivity (Wildman–Crippen MR) is 131 cm³/mol. The summed E-state index contributed by atoms with van der Waals surface area (Å²) >= 11 is 3.42. The number of ether oxygens (including phenoxy) is 1. The van der Waals surface area contributed by atoms with E-state index in [1.165, 1.54) is 64.0 Å². The number of benzene rings is 1. The van der Waals surface area contributed by atoms with Crippen LogP contribution in [0.5, 0.6) is 5.75 Å². The maximum atomic E-state index is 11.9. The Bertz CT molecular complexity index is 680. The van der Waals surface area contributed by atoms with Gasteiger partial charge in [0.2, 0.25) is 5.91 Å². The van der Waals surface area contributed by atoms with E-state index in [2.05, 4.69) is 38.7 Å². The van der Waals surface area contributed by atoms with Crippen LogP contribution < -0.4 is 15.5 Å². The van der Waals surface area contributed by atoms with E-state index in [4.69, 9.17) is 4.74 Å². The third-order valence-corrected chi connectivity index (χ3v) is 5.77. The quantitative estimate of drug-likeness (QED) is 0.164. The monoisotopic (exact) mass is 495 g/mol. The lowest BCUT2D eigenvalue weighted by Gasteiger charge is -2.05. The van der Waals surface area contributed by atoms with Crippen molar-refractivity contribution >= 4 is 34.0 Å². The molecule has 2 N–H and O–H groups in total. The van der Waals surface area contributed by atoms with Crippen LogP contribution in [0.2, 0.25) is 0 Å². The van der Waals surface area contributed by atoms with Crippen molar-refractivity contribution in [2.24, 2.45) is 5.10 Å². The van der Waals surface area contributed by atoms with Crippen molar-refractivity contribution in [3.8, 4) is 5.75 Å². The van der Waals surface area contributed by atoms with Crippen LogP contribution in [0, 0.1) is 0 Å². The smallest absolute Gasteiger partial charge is 0.259 e. The van der Waals surface area contributed by atoms with Crippen molar-refractivity contribution in [2.75, 3.05) is 13.7 Å². The number of carbonyl (C=O) groups is 2. The van der Waals surface area contributed by atoms with Gasteiger partial charge in [0, 0.05) is 16.5 Å². The van der Waals surface area contributed by atoms with E-state index >= 15 is 0 Å². The molecule has 0 aliphatic carbocycles. The molecular formula is C24H38BrN3O3. The first kappa shape index (κ1) is 27.1. The highest BCUT2D eigenvalue weighted by Gasteiger charge is 2.05. The van der Waals surface area contributed by atoms with Crippen molar-refractivity contribution in [3.05, 3.63) is 28.2 Å². The van der Waals surface area contributed by atoms with Gasteiger partial charge in [0.15, 0.2) is 0 Å². The SMILES string of the molecule is CCCCCCCCCCCCCC(=O)NCC(=O)N/N=C\c1cc(OC)ccc1Br. The third-order valence-electron chi connectivity index (χ3n) is 5.05. The Hall–Kier alpha value is -1.89. The Kier molecular flexibility index (Phi) is 15.5. The molecule has 0 saturated heterocycles. The number of nitrogens with zero attached hydrogens (tertiary/aromatic N) is 1. The fraction of sp³-hybridized carbons (Fsp3) is 0.625. The van der Waals surface area contributed by atoms with Crippen molar-refractivity contribution in [3.63, 3.8) is 0 Å². The van der Waals surface area contributed by atoms with Gasteiger partial charge in [-0.25, -0.2) is 5.43 Å². The van der Waals surface area contributed by atoms with Crippen LogP contribution in [0.25, 0.3) is 0 Å². The maximum Gasteiger partial charge on any atom is 0.259 e. The summed E-state index contributed by atoms with van der Waals surface area (Å²) in [5, 5.41) is 6.57. The lowest BCUT2D eigenvalue weighted by atomic mass is 10.1. The number of carbonyl (C=O) groups excluding carboxylic acids is 2. The maximum absolute atomic E-state index is 11.9. The van der Waals surface area contributed by atoms with Gasteiger partial charge < -0.3 is 10.1 Å². The highest BCUT2D eigenvalue weighted by molar-refractivity contribution is 9.10. The van der Waals surface area contributed by atoms with Gasteiger partial charge in [-0.3, -0.25) is 9.59 Å².